The van der Waals surface area contributed by atoms with E-state index in [1.807, 2.05) is 0 Å². The second-order valence-corrected chi connectivity index (χ2v) is 4.04. The third kappa shape index (κ3) is 5.54. The molecular weight excluding hydrogens is 218 g/mol. The molecule has 0 heterocycles. The summed E-state index contributed by atoms with van der Waals surface area (Å²) in [5.74, 6) is -0.196. The Morgan fingerprint density at radius 3 is 2.88 bits per heavy atom. The van der Waals surface area contributed by atoms with Gasteiger partial charge in [0, 0.05) is 6.92 Å². The molecule has 0 bridgehead atoms. The summed E-state index contributed by atoms with van der Waals surface area (Å²) in [6.07, 6.45) is 9.48. The van der Waals surface area contributed by atoms with Crippen LogP contribution < -0.4 is 5.48 Å². The molecule has 1 rings (SSSR count). The molecule has 0 saturated carbocycles. The Morgan fingerprint density at radius 2 is 2.18 bits per heavy atom. The van der Waals surface area contributed by atoms with Gasteiger partial charge in [-0.1, -0.05) is 12.2 Å². The lowest BCUT2D eigenvalue weighted by Gasteiger charge is -2.09. The highest BCUT2D eigenvalue weighted by molar-refractivity contribution is 5.65. The van der Waals surface area contributed by atoms with Crippen molar-refractivity contribution in [3.63, 3.8) is 0 Å². The third-order valence-corrected chi connectivity index (χ3v) is 2.64. The minimum absolute atomic E-state index is 0.196. The van der Waals surface area contributed by atoms with Crippen molar-refractivity contribution in [3.8, 4) is 0 Å². The van der Waals surface area contributed by atoms with Gasteiger partial charge in [0.25, 0.3) is 0 Å². The molecule has 4 heteroatoms. The molecule has 0 amide bonds. The number of carbonyl (C=O) groups is 1. The molecule has 96 valence electrons. The van der Waals surface area contributed by atoms with E-state index in [-0.39, 0.29) is 5.97 Å². The van der Waals surface area contributed by atoms with Crippen LogP contribution in [0.1, 0.15) is 39.0 Å². The minimum atomic E-state index is -0.196. The fraction of sp³-hybridized carbons (Fsp3) is 0.615. The van der Waals surface area contributed by atoms with Crippen LogP contribution >= 0.6 is 0 Å². The maximum absolute atomic E-state index is 10.5. The van der Waals surface area contributed by atoms with Gasteiger partial charge in [0.1, 0.15) is 0 Å². The summed E-state index contributed by atoms with van der Waals surface area (Å²) >= 11 is 0. The van der Waals surface area contributed by atoms with Crippen LogP contribution in [0.2, 0.25) is 0 Å². The van der Waals surface area contributed by atoms with Crippen molar-refractivity contribution < 1.29 is 14.4 Å². The topological polar surface area (TPSA) is 47.6 Å². The van der Waals surface area contributed by atoms with Gasteiger partial charge in [-0.15, -0.1) is 0 Å². The predicted molar refractivity (Wildman–Crippen MR) is 66.0 cm³/mol. The number of nitrogens with one attached hydrogen (secondary N) is 1. The van der Waals surface area contributed by atoms with Crippen LogP contribution in [0, 0.1) is 0 Å². The maximum atomic E-state index is 10.5. The van der Waals surface area contributed by atoms with Crippen molar-refractivity contribution in [1.29, 1.82) is 0 Å². The molecule has 0 aromatic rings. The van der Waals surface area contributed by atoms with Crippen molar-refractivity contribution in [3.05, 3.63) is 23.4 Å². The molecule has 0 unspecified atom stereocenters. The molecule has 0 atom stereocenters. The summed E-state index contributed by atoms with van der Waals surface area (Å²) < 4.78 is 4.88. The molecule has 0 spiro atoms. The second kappa shape index (κ2) is 7.90. The highest BCUT2D eigenvalue weighted by Crippen LogP contribution is 2.22. The largest absolute Gasteiger partial charge is 0.466 e. The number of esters is 1. The average Bonchev–Trinajstić information content (AvgIpc) is 2.71. The first-order valence-corrected chi connectivity index (χ1v) is 6.06. The van der Waals surface area contributed by atoms with E-state index in [0.717, 1.165) is 37.8 Å². The van der Waals surface area contributed by atoms with Crippen molar-refractivity contribution in [1.82, 2.24) is 5.48 Å². The minimum Gasteiger partial charge on any atom is -0.466 e. The van der Waals surface area contributed by atoms with Crippen molar-refractivity contribution >= 4 is 5.97 Å². The van der Waals surface area contributed by atoms with Crippen LogP contribution in [-0.2, 0) is 14.4 Å². The number of hydrogen-bond donors (Lipinski definition) is 1. The van der Waals surface area contributed by atoms with E-state index in [9.17, 15) is 4.79 Å². The number of hydrogen-bond acceptors (Lipinski definition) is 4. The predicted octanol–water partition coefficient (Wildman–Crippen LogP) is 2.47. The number of unbranched alkanes of at least 4 members (excludes halogenated alkanes) is 2. The highest BCUT2D eigenvalue weighted by Gasteiger charge is 2.08. The van der Waals surface area contributed by atoms with Crippen LogP contribution in [-0.4, -0.2) is 19.7 Å². The highest BCUT2D eigenvalue weighted by atomic mass is 16.6. The lowest BCUT2D eigenvalue weighted by Crippen LogP contribution is -2.11. The van der Waals surface area contributed by atoms with Gasteiger partial charge in [-0.05, 0) is 37.7 Å². The van der Waals surface area contributed by atoms with Gasteiger partial charge in [-0.3, -0.25) is 15.1 Å². The molecule has 0 fully saturated rings. The maximum Gasteiger partial charge on any atom is 0.302 e. The molecule has 1 N–H and O–H groups in total. The Kier molecular flexibility index (Phi) is 6.40. The number of ether oxygens (including phenoxy) is 1. The molecule has 4 nitrogen and oxygen atoms in total. The van der Waals surface area contributed by atoms with E-state index >= 15 is 0 Å². The summed E-state index contributed by atoms with van der Waals surface area (Å²) in [5.41, 5.74) is 5.29. The van der Waals surface area contributed by atoms with E-state index in [0.29, 0.717) is 6.61 Å². The first-order valence-electron chi connectivity index (χ1n) is 6.06. The summed E-state index contributed by atoms with van der Waals surface area (Å²) in [6, 6.07) is 0. The third-order valence-electron chi connectivity index (χ3n) is 2.64. The monoisotopic (exact) mass is 239 g/mol. The molecule has 0 aromatic heterocycles. The Labute approximate surface area is 103 Å². The average molecular weight is 239 g/mol. The van der Waals surface area contributed by atoms with Gasteiger partial charge in [0.15, 0.2) is 0 Å². The first kappa shape index (κ1) is 13.8. The second-order valence-electron chi connectivity index (χ2n) is 4.04. The molecule has 1 aliphatic carbocycles. The fourth-order valence-corrected chi connectivity index (χ4v) is 1.82. The van der Waals surface area contributed by atoms with Gasteiger partial charge < -0.3 is 4.74 Å². The standard InChI is InChI=1S/C13H21NO3/c1-11(15)17-10-5-3-4-7-12-8-6-9-13(12)14-16-2/h8-9,14H,3-7,10H2,1-2H3. The molecule has 17 heavy (non-hydrogen) atoms. The summed E-state index contributed by atoms with van der Waals surface area (Å²) in [4.78, 5) is 15.5. The fourth-order valence-electron chi connectivity index (χ4n) is 1.82. The molecular formula is C13H21NO3. The van der Waals surface area contributed by atoms with E-state index in [2.05, 4.69) is 17.6 Å². The molecule has 0 saturated heterocycles. The van der Waals surface area contributed by atoms with Crippen LogP contribution in [0.5, 0.6) is 0 Å². The molecule has 0 aromatic carbocycles. The van der Waals surface area contributed by atoms with Gasteiger partial charge >= 0.3 is 5.97 Å². The van der Waals surface area contributed by atoms with Gasteiger partial charge in [0.05, 0.1) is 19.4 Å². The van der Waals surface area contributed by atoms with Crippen LogP contribution in [0.15, 0.2) is 23.4 Å². The molecule has 0 aliphatic heterocycles. The number of carbonyl (C=O) groups excluding carboxylic acids is 1. The van der Waals surface area contributed by atoms with Gasteiger partial charge in [-0.2, -0.15) is 0 Å². The number of allylic oxidation sites excluding steroid dienone is 3. The Bertz CT molecular complexity index is 308. The SMILES string of the molecule is CONC1=CCC=C1CCCCCOC(C)=O. The van der Waals surface area contributed by atoms with E-state index < -0.39 is 0 Å². The summed E-state index contributed by atoms with van der Waals surface area (Å²) in [5, 5.41) is 0. The number of hydroxylamine groups is 1. The lowest BCUT2D eigenvalue weighted by molar-refractivity contribution is -0.141. The first-order chi connectivity index (χ1) is 8.24. The summed E-state index contributed by atoms with van der Waals surface area (Å²) in [7, 11) is 1.62. The van der Waals surface area contributed by atoms with E-state index in [1.54, 1.807) is 7.11 Å². The van der Waals surface area contributed by atoms with Crippen molar-refractivity contribution in [2.75, 3.05) is 13.7 Å². The quantitative estimate of drug-likeness (QED) is 0.401. The normalized spacial score (nSPS) is 14.2. The lowest BCUT2D eigenvalue weighted by atomic mass is 10.1. The zero-order valence-electron chi connectivity index (χ0n) is 10.6. The van der Waals surface area contributed by atoms with E-state index in [1.165, 1.54) is 12.5 Å². The number of rotatable bonds is 8. The zero-order chi connectivity index (χ0) is 12.5. The zero-order valence-corrected chi connectivity index (χ0v) is 10.6. The van der Waals surface area contributed by atoms with Crippen LogP contribution in [0.25, 0.3) is 0 Å². The van der Waals surface area contributed by atoms with Gasteiger partial charge in [-0.25, -0.2) is 0 Å². The Balaban J connectivity index is 2.07. The van der Waals surface area contributed by atoms with Crippen LogP contribution in [0.3, 0.4) is 0 Å². The summed E-state index contributed by atoms with van der Waals surface area (Å²) in [6.45, 7) is 1.98. The van der Waals surface area contributed by atoms with Gasteiger partial charge in [0.2, 0.25) is 0 Å². The van der Waals surface area contributed by atoms with Crippen molar-refractivity contribution in [2.24, 2.45) is 0 Å². The van der Waals surface area contributed by atoms with Crippen molar-refractivity contribution in [2.45, 2.75) is 39.0 Å². The molecule has 0 radical (unpaired) electrons. The van der Waals surface area contributed by atoms with Crippen LogP contribution in [0.4, 0.5) is 0 Å². The smallest absolute Gasteiger partial charge is 0.302 e. The molecule has 1 aliphatic rings. The Hall–Kier alpha value is -1.29. The van der Waals surface area contributed by atoms with E-state index in [4.69, 9.17) is 9.57 Å². The Morgan fingerprint density at radius 1 is 1.35 bits per heavy atom.